The molecule has 4 nitrogen and oxygen atoms in total. The molecule has 0 radical (unpaired) electrons. The van der Waals surface area contributed by atoms with E-state index in [0.717, 1.165) is 66.1 Å². The first kappa shape index (κ1) is 76.3. The van der Waals surface area contributed by atoms with Gasteiger partial charge in [-0.1, -0.05) is 313 Å². The highest BCUT2D eigenvalue weighted by molar-refractivity contribution is 8.09. The van der Waals surface area contributed by atoms with Crippen LogP contribution in [-0.4, -0.2) is 40.0 Å². The molecule has 0 aliphatic carbocycles. The van der Waals surface area contributed by atoms with Gasteiger partial charge in [-0.05, 0) is 85.8 Å². The number of fused-ring (bicyclic) bond motifs is 2. The molecule has 0 N–H and O–H groups in total. The lowest BCUT2D eigenvalue weighted by molar-refractivity contribution is -0.123. The maximum Gasteiger partial charge on any atom is 0.260 e. The standard InChI is InChI=1S/C79H128N2O2S5/c1-13-18-22-26-30-34-36-40-43-47-52-63(51-46-42-38-32-28-24-20-15-3)59-80(61-82)76(72-57-69-70(86-72)58-73(87-69)78(7,8)9)74-62(6)75(71-56-68-67(85-71)55-66(84-68)65(50-17-5)88-79(10,11)12)81(77(74)83)60-64(53-48-44-39-33-29-25-21-16-4)54-49-45-41-37-35-31-27-23-19-14-2/h17,50,55-58,61,63-64H,5,13-16,18-49,51-54,59-60H2,1-4,6-12H3/b65-50-,76-74+. The van der Waals surface area contributed by atoms with E-state index in [1.807, 2.05) is 51.8 Å². The fraction of sp³-hybridized carbons (Fsp3) is 0.722. The molecule has 1 aliphatic rings. The van der Waals surface area contributed by atoms with Crippen molar-refractivity contribution < 1.29 is 9.59 Å². The average Bonchev–Trinajstić information content (AvgIpc) is 1.97. The summed E-state index contributed by atoms with van der Waals surface area (Å²) in [5.41, 5.74) is 3.73. The van der Waals surface area contributed by atoms with E-state index in [1.54, 1.807) is 11.3 Å². The Labute approximate surface area is 561 Å². The van der Waals surface area contributed by atoms with Gasteiger partial charge < -0.3 is 9.80 Å². The van der Waals surface area contributed by atoms with Crippen LogP contribution in [0.3, 0.4) is 0 Å². The summed E-state index contributed by atoms with van der Waals surface area (Å²) in [6.45, 7) is 30.7. The highest BCUT2D eigenvalue weighted by Crippen LogP contribution is 2.50. The fourth-order valence-corrected chi connectivity index (χ4v) is 19.4. The quantitative estimate of drug-likeness (QED) is 0.0191. The normalized spacial score (nSPS) is 14.8. The fourth-order valence-electron chi connectivity index (χ4n) is 13.2. The van der Waals surface area contributed by atoms with Crippen LogP contribution in [0.2, 0.25) is 0 Å². The average molecular weight is 1300 g/mol. The van der Waals surface area contributed by atoms with Crippen LogP contribution in [-0.2, 0) is 15.0 Å². The van der Waals surface area contributed by atoms with Crippen molar-refractivity contribution in [3.8, 4) is 0 Å². The summed E-state index contributed by atoms with van der Waals surface area (Å²) in [7, 11) is 0. The molecule has 0 saturated carbocycles. The van der Waals surface area contributed by atoms with E-state index >= 15 is 4.79 Å². The van der Waals surface area contributed by atoms with Crippen molar-refractivity contribution in [2.24, 2.45) is 11.8 Å². The molecule has 9 heteroatoms. The number of thioether (sulfide) groups is 1. The Morgan fingerprint density at radius 2 is 0.909 bits per heavy atom. The van der Waals surface area contributed by atoms with Crippen molar-refractivity contribution in [1.82, 2.24) is 9.80 Å². The van der Waals surface area contributed by atoms with E-state index in [1.165, 1.54) is 269 Å². The monoisotopic (exact) mass is 1300 g/mol. The van der Waals surface area contributed by atoms with Crippen LogP contribution < -0.4 is 0 Å². The van der Waals surface area contributed by atoms with Gasteiger partial charge in [0.25, 0.3) is 5.91 Å². The Kier molecular flexibility index (Phi) is 37.0. The van der Waals surface area contributed by atoms with Crippen LogP contribution in [0.15, 0.2) is 54.1 Å². The molecule has 2 unspecified atom stereocenters. The number of thiophene rings is 4. The van der Waals surface area contributed by atoms with Gasteiger partial charge in [0.1, 0.15) is 0 Å². The van der Waals surface area contributed by atoms with Crippen molar-refractivity contribution in [2.45, 2.75) is 343 Å². The highest BCUT2D eigenvalue weighted by atomic mass is 32.2. The third kappa shape index (κ3) is 26.9. The number of amides is 2. The molecule has 88 heavy (non-hydrogen) atoms. The number of allylic oxidation sites excluding steroid dienone is 2. The first-order chi connectivity index (χ1) is 42.6. The second-order valence-corrected chi connectivity index (χ2v) is 34.9. The maximum absolute atomic E-state index is 16.4. The van der Waals surface area contributed by atoms with E-state index in [4.69, 9.17) is 0 Å². The maximum atomic E-state index is 16.4. The summed E-state index contributed by atoms with van der Waals surface area (Å²) >= 11 is 9.30. The highest BCUT2D eigenvalue weighted by Gasteiger charge is 2.40. The lowest BCUT2D eigenvalue weighted by Crippen LogP contribution is -2.33. The molecule has 0 saturated heterocycles. The van der Waals surface area contributed by atoms with Crippen molar-refractivity contribution in [2.75, 3.05) is 13.1 Å². The van der Waals surface area contributed by atoms with Crippen molar-refractivity contribution in [3.63, 3.8) is 0 Å². The molecule has 2 amide bonds. The topological polar surface area (TPSA) is 40.6 Å². The Hall–Kier alpha value is -2.43. The largest absolute Gasteiger partial charge is 0.313 e. The summed E-state index contributed by atoms with van der Waals surface area (Å²) in [5.74, 6) is 0.862. The summed E-state index contributed by atoms with van der Waals surface area (Å²) in [6, 6.07) is 9.52. The molecule has 5 rings (SSSR count). The van der Waals surface area contributed by atoms with Crippen molar-refractivity contribution in [1.29, 1.82) is 0 Å². The van der Waals surface area contributed by atoms with E-state index in [0.29, 0.717) is 18.4 Å². The van der Waals surface area contributed by atoms with Crippen LogP contribution in [0.25, 0.3) is 35.1 Å². The molecule has 496 valence electrons. The van der Waals surface area contributed by atoms with Gasteiger partial charge in [-0.2, -0.15) is 0 Å². The van der Waals surface area contributed by atoms with Gasteiger partial charge in [0, 0.05) is 51.3 Å². The lowest BCUT2D eigenvalue weighted by atomic mass is 9.92. The number of nitrogens with zero attached hydrogens (tertiary/aromatic N) is 2. The van der Waals surface area contributed by atoms with Gasteiger partial charge in [0.15, 0.2) is 0 Å². The summed E-state index contributed by atoms with van der Waals surface area (Å²) in [4.78, 5) is 41.3. The van der Waals surface area contributed by atoms with Gasteiger partial charge in [-0.25, -0.2) is 0 Å². The Morgan fingerprint density at radius 3 is 1.31 bits per heavy atom. The van der Waals surface area contributed by atoms with E-state index < -0.39 is 0 Å². The first-order valence-corrected chi connectivity index (χ1v) is 40.7. The molecule has 5 heterocycles. The minimum atomic E-state index is 0.0381. The van der Waals surface area contributed by atoms with E-state index in [2.05, 4.69) is 123 Å². The lowest BCUT2D eigenvalue weighted by Gasteiger charge is -2.29. The number of hydrogen-bond donors (Lipinski definition) is 0. The summed E-state index contributed by atoms with van der Waals surface area (Å²) in [6.07, 6.45) is 57.2. The Morgan fingerprint density at radius 1 is 0.523 bits per heavy atom. The molecule has 0 fully saturated rings. The molecule has 4 aromatic rings. The number of hydrogen-bond acceptors (Lipinski definition) is 7. The van der Waals surface area contributed by atoms with Gasteiger partial charge in [-0.3, -0.25) is 9.59 Å². The van der Waals surface area contributed by atoms with Gasteiger partial charge >= 0.3 is 0 Å². The molecular weight excluding hydrogens is 1170 g/mol. The summed E-state index contributed by atoms with van der Waals surface area (Å²) < 4.78 is 5.11. The van der Waals surface area contributed by atoms with E-state index in [-0.39, 0.29) is 16.1 Å². The number of rotatable bonds is 51. The zero-order valence-electron chi connectivity index (χ0n) is 58.4. The van der Waals surface area contributed by atoms with Gasteiger partial charge in [0.2, 0.25) is 6.41 Å². The molecule has 0 bridgehead atoms. The molecule has 4 aromatic heterocycles. The van der Waals surface area contributed by atoms with Crippen LogP contribution in [0.5, 0.6) is 0 Å². The van der Waals surface area contributed by atoms with Crippen LogP contribution >= 0.6 is 57.1 Å². The second kappa shape index (κ2) is 42.7. The molecular formula is C79H128N2O2S5. The number of unbranched alkanes of at least 4 members (excludes halogenated alkanes) is 32. The van der Waals surface area contributed by atoms with Crippen LogP contribution in [0, 0.1) is 11.8 Å². The van der Waals surface area contributed by atoms with Crippen LogP contribution in [0.4, 0.5) is 0 Å². The molecule has 2 atom stereocenters. The first-order valence-electron chi connectivity index (χ1n) is 36.7. The van der Waals surface area contributed by atoms with Crippen LogP contribution in [0.1, 0.15) is 353 Å². The number of carbonyl (C=O) groups is 2. The zero-order chi connectivity index (χ0) is 63.6. The van der Waals surface area contributed by atoms with E-state index in [9.17, 15) is 4.79 Å². The minimum Gasteiger partial charge on any atom is -0.313 e. The third-order valence-electron chi connectivity index (χ3n) is 18.4. The Bertz CT molecular complexity index is 2610. The minimum absolute atomic E-state index is 0.0381. The predicted molar refractivity (Wildman–Crippen MR) is 402 cm³/mol. The second-order valence-electron chi connectivity index (χ2n) is 28.7. The van der Waals surface area contributed by atoms with Gasteiger partial charge in [-0.15, -0.1) is 57.1 Å². The molecule has 0 spiro atoms. The molecule has 0 aromatic carbocycles. The zero-order valence-corrected chi connectivity index (χ0v) is 62.4. The van der Waals surface area contributed by atoms with Crippen molar-refractivity contribution in [3.05, 3.63) is 73.7 Å². The SMILES string of the molecule is C=C/C=C(\SC(C)(C)C)c1cc2sc(C3=C(C)/C(=C(/c4cc5sc(C(C)(C)C)cc5s4)N(C=O)CC(CCCCCCCCCC)CCCCCCCCCCCC)C(=O)N3CC(CCCCCCCCCC)CCCCCCCCCCCC)cc2s1. The smallest absolute Gasteiger partial charge is 0.260 e. The molecule has 1 aliphatic heterocycles. The Balaban J connectivity index is 1.59. The van der Waals surface area contributed by atoms with Gasteiger partial charge in [0.05, 0.1) is 26.7 Å². The number of carbonyl (C=O) groups excluding carboxylic acids is 2. The third-order valence-corrected chi connectivity index (χ3v) is 24.8. The predicted octanol–water partition coefficient (Wildman–Crippen LogP) is 28.0. The summed E-state index contributed by atoms with van der Waals surface area (Å²) in [5, 5.41) is 0. The van der Waals surface area contributed by atoms with Crippen molar-refractivity contribution >= 4 is 105 Å².